The van der Waals surface area contributed by atoms with Crippen LogP contribution >= 0.6 is 11.6 Å². The zero-order valence-electron chi connectivity index (χ0n) is 18.0. The summed E-state index contributed by atoms with van der Waals surface area (Å²) >= 11 is 6.11. The monoisotopic (exact) mass is 440 g/mol. The minimum Gasteiger partial charge on any atom is -0.267 e. The van der Waals surface area contributed by atoms with Crippen LogP contribution in [0.4, 0.5) is 5.69 Å². The Bertz CT molecular complexity index is 1440. The Labute approximate surface area is 191 Å². The van der Waals surface area contributed by atoms with Crippen LogP contribution in [0.15, 0.2) is 77.4 Å². The van der Waals surface area contributed by atoms with Gasteiger partial charge in [0.1, 0.15) is 0 Å². The van der Waals surface area contributed by atoms with Crippen molar-refractivity contribution in [3.05, 3.63) is 94.3 Å². The molecule has 158 valence electrons. The van der Waals surface area contributed by atoms with Gasteiger partial charge in [-0.05, 0) is 56.5 Å². The third kappa shape index (κ3) is 3.31. The third-order valence-corrected chi connectivity index (χ3v) is 5.98. The molecular formula is C26H21ClN4O. The van der Waals surface area contributed by atoms with Gasteiger partial charge in [-0.3, -0.25) is 4.79 Å². The van der Waals surface area contributed by atoms with Crippen LogP contribution < -0.4 is 5.01 Å². The number of anilines is 1. The molecule has 0 unspecified atom stereocenters. The molecule has 0 fully saturated rings. The number of rotatable bonds is 3. The molecular weight excluding hydrogens is 420 g/mol. The first-order valence-electron chi connectivity index (χ1n) is 10.4. The molecule has 0 saturated carbocycles. The lowest BCUT2D eigenvalue weighted by Gasteiger charge is -2.11. The molecule has 4 aromatic rings. The highest BCUT2D eigenvalue weighted by atomic mass is 35.5. The van der Waals surface area contributed by atoms with Crippen LogP contribution in [0.2, 0.25) is 5.02 Å². The molecule has 1 aliphatic rings. The molecule has 0 atom stereocenters. The molecule has 3 aromatic carbocycles. The number of nitrogens with zero attached hydrogens (tertiary/aromatic N) is 4. The van der Waals surface area contributed by atoms with Gasteiger partial charge in [0.25, 0.3) is 5.91 Å². The number of fused-ring (bicyclic) bond motifs is 1. The molecule has 0 bridgehead atoms. The number of aromatic nitrogens is 2. The predicted molar refractivity (Wildman–Crippen MR) is 131 cm³/mol. The van der Waals surface area contributed by atoms with Gasteiger partial charge in [-0.15, -0.1) is 0 Å². The van der Waals surface area contributed by atoms with Crippen molar-refractivity contribution in [2.45, 2.75) is 20.8 Å². The van der Waals surface area contributed by atoms with Gasteiger partial charge >= 0.3 is 0 Å². The van der Waals surface area contributed by atoms with Crippen molar-refractivity contribution in [3.8, 4) is 5.69 Å². The standard InChI is InChI=1S/C26H21ClN4O/c1-16-23(15-24-17(2)29-31(26(24)32)21-11-7-10-20(27)14-21)18(3)30(28-16)25-13-6-9-19-8-4-5-12-22(19)25/h4-15H,1-3H3/b24-15+. The molecule has 0 spiro atoms. The Hall–Kier alpha value is -3.70. The van der Waals surface area contributed by atoms with Gasteiger partial charge < -0.3 is 0 Å². The summed E-state index contributed by atoms with van der Waals surface area (Å²) in [4.78, 5) is 13.2. The van der Waals surface area contributed by atoms with Crippen LogP contribution in [0, 0.1) is 13.8 Å². The molecule has 1 amide bonds. The minimum absolute atomic E-state index is 0.179. The quantitative estimate of drug-likeness (QED) is 0.361. The van der Waals surface area contributed by atoms with Gasteiger partial charge in [0, 0.05) is 21.7 Å². The van der Waals surface area contributed by atoms with Gasteiger partial charge in [-0.2, -0.15) is 15.2 Å². The number of carbonyl (C=O) groups excluding carboxylic acids is 1. The van der Waals surface area contributed by atoms with Crippen LogP contribution in [0.5, 0.6) is 0 Å². The second kappa shape index (κ2) is 7.77. The molecule has 6 heteroatoms. The van der Waals surface area contributed by atoms with Crippen molar-refractivity contribution in [3.63, 3.8) is 0 Å². The van der Waals surface area contributed by atoms with E-state index >= 15 is 0 Å². The maximum Gasteiger partial charge on any atom is 0.280 e. The van der Waals surface area contributed by atoms with Crippen LogP contribution in [-0.4, -0.2) is 21.4 Å². The molecule has 32 heavy (non-hydrogen) atoms. The largest absolute Gasteiger partial charge is 0.280 e. The molecule has 0 saturated heterocycles. The molecule has 0 radical (unpaired) electrons. The number of amides is 1. The van der Waals surface area contributed by atoms with Crippen molar-refractivity contribution >= 4 is 45.8 Å². The van der Waals surface area contributed by atoms with Gasteiger partial charge in [-0.1, -0.05) is 54.1 Å². The van der Waals surface area contributed by atoms with Crippen molar-refractivity contribution in [2.75, 3.05) is 5.01 Å². The predicted octanol–water partition coefficient (Wildman–Crippen LogP) is 6.10. The first-order valence-corrected chi connectivity index (χ1v) is 10.7. The number of hydrogen-bond donors (Lipinski definition) is 0. The van der Waals surface area contributed by atoms with E-state index in [0.29, 0.717) is 22.0 Å². The van der Waals surface area contributed by atoms with E-state index in [-0.39, 0.29) is 5.91 Å². The number of carbonyl (C=O) groups is 1. The van der Waals surface area contributed by atoms with E-state index in [0.717, 1.165) is 33.4 Å². The van der Waals surface area contributed by atoms with Gasteiger partial charge in [0.05, 0.1) is 28.4 Å². The van der Waals surface area contributed by atoms with E-state index in [2.05, 4.69) is 29.4 Å². The fourth-order valence-electron chi connectivity index (χ4n) is 4.10. The highest BCUT2D eigenvalue weighted by Gasteiger charge is 2.29. The average molecular weight is 441 g/mol. The number of hydrogen-bond acceptors (Lipinski definition) is 3. The average Bonchev–Trinajstić information content (AvgIpc) is 3.23. The fourth-order valence-corrected chi connectivity index (χ4v) is 4.29. The Kier molecular flexibility index (Phi) is 4.91. The molecule has 1 aromatic heterocycles. The normalized spacial score (nSPS) is 15.1. The van der Waals surface area contributed by atoms with Crippen molar-refractivity contribution in [1.82, 2.24) is 9.78 Å². The van der Waals surface area contributed by atoms with Crippen molar-refractivity contribution in [1.29, 1.82) is 0 Å². The van der Waals surface area contributed by atoms with E-state index < -0.39 is 0 Å². The zero-order chi connectivity index (χ0) is 22.4. The molecule has 1 aliphatic heterocycles. The maximum absolute atomic E-state index is 13.2. The second-order valence-electron chi connectivity index (χ2n) is 7.83. The molecule has 0 N–H and O–H groups in total. The maximum atomic E-state index is 13.2. The van der Waals surface area contributed by atoms with Gasteiger partial charge in [0.15, 0.2) is 0 Å². The summed E-state index contributed by atoms with van der Waals surface area (Å²) in [6, 6.07) is 21.6. The van der Waals surface area contributed by atoms with E-state index in [1.807, 2.05) is 55.8 Å². The zero-order valence-corrected chi connectivity index (χ0v) is 18.8. The summed E-state index contributed by atoms with van der Waals surface area (Å²) < 4.78 is 1.95. The Morgan fingerprint density at radius 3 is 2.50 bits per heavy atom. The van der Waals surface area contributed by atoms with Crippen LogP contribution in [0.3, 0.4) is 0 Å². The van der Waals surface area contributed by atoms with E-state index in [1.165, 1.54) is 5.01 Å². The Balaban J connectivity index is 1.58. The SMILES string of the molecule is CC1=NN(c2cccc(Cl)c2)C(=O)/C1=C/c1c(C)nn(-c2cccc3ccccc23)c1C. The van der Waals surface area contributed by atoms with Gasteiger partial charge in [-0.25, -0.2) is 4.68 Å². The topological polar surface area (TPSA) is 50.5 Å². The molecule has 5 nitrogen and oxygen atoms in total. The highest BCUT2D eigenvalue weighted by molar-refractivity contribution is 6.33. The van der Waals surface area contributed by atoms with Crippen LogP contribution in [0.25, 0.3) is 22.5 Å². The van der Waals surface area contributed by atoms with Crippen LogP contribution in [-0.2, 0) is 4.79 Å². The van der Waals surface area contributed by atoms with E-state index in [9.17, 15) is 4.79 Å². The minimum atomic E-state index is -0.179. The summed E-state index contributed by atoms with van der Waals surface area (Å²) in [5, 5.41) is 13.5. The number of halogens is 1. The first kappa shape index (κ1) is 20.2. The first-order chi connectivity index (χ1) is 15.4. The van der Waals surface area contributed by atoms with Crippen molar-refractivity contribution < 1.29 is 4.79 Å². The lowest BCUT2D eigenvalue weighted by molar-refractivity contribution is -0.114. The molecule has 2 heterocycles. The molecule has 5 rings (SSSR count). The summed E-state index contributed by atoms with van der Waals surface area (Å²) in [7, 11) is 0. The van der Waals surface area contributed by atoms with E-state index in [4.69, 9.17) is 16.7 Å². The third-order valence-electron chi connectivity index (χ3n) is 5.75. The summed E-state index contributed by atoms with van der Waals surface area (Å²) in [6.45, 7) is 5.82. The Morgan fingerprint density at radius 1 is 0.938 bits per heavy atom. The highest BCUT2D eigenvalue weighted by Crippen LogP contribution is 2.30. The van der Waals surface area contributed by atoms with Gasteiger partial charge in [0.2, 0.25) is 0 Å². The lowest BCUT2D eigenvalue weighted by Crippen LogP contribution is -2.21. The summed E-state index contributed by atoms with van der Waals surface area (Å²) in [6.07, 6.45) is 1.89. The molecule has 0 aliphatic carbocycles. The lowest BCUT2D eigenvalue weighted by atomic mass is 10.1. The fraction of sp³-hybridized carbons (Fsp3) is 0.115. The van der Waals surface area contributed by atoms with E-state index in [1.54, 1.807) is 18.2 Å². The number of benzene rings is 3. The summed E-state index contributed by atoms with van der Waals surface area (Å²) in [5.74, 6) is -0.179. The Morgan fingerprint density at radius 2 is 1.69 bits per heavy atom. The van der Waals surface area contributed by atoms with Crippen LogP contribution in [0.1, 0.15) is 23.9 Å². The number of hydrazone groups is 1. The summed E-state index contributed by atoms with van der Waals surface area (Å²) in [5.41, 5.74) is 5.60. The second-order valence-corrected chi connectivity index (χ2v) is 8.27. The number of aryl methyl sites for hydroxylation is 1. The van der Waals surface area contributed by atoms with Crippen molar-refractivity contribution in [2.24, 2.45) is 5.10 Å². The smallest absolute Gasteiger partial charge is 0.267 e.